The Bertz CT molecular complexity index is 1810. The zero-order valence-electron chi connectivity index (χ0n) is 23.7. The van der Waals surface area contributed by atoms with Crippen LogP contribution in [0.4, 0.5) is 17.1 Å². The molecule has 2 atom stereocenters. The van der Waals surface area contributed by atoms with Crippen LogP contribution in [0.3, 0.4) is 0 Å². The number of hydrogen-bond acceptors (Lipinski definition) is 7. The highest BCUT2D eigenvalue weighted by molar-refractivity contribution is 7.92. The lowest BCUT2D eigenvalue weighted by Gasteiger charge is -2.29. The van der Waals surface area contributed by atoms with Crippen molar-refractivity contribution in [3.8, 4) is 11.4 Å². The Morgan fingerprint density at radius 3 is 2.48 bits per heavy atom. The molecular weight excluding hydrogens is 576 g/mol. The van der Waals surface area contributed by atoms with E-state index in [4.69, 9.17) is 17.0 Å². The number of nitrogens with one attached hydrogen (secondary N) is 2. The molecule has 1 fully saturated rings. The zero-order valence-corrected chi connectivity index (χ0v) is 25.3. The van der Waals surface area contributed by atoms with Gasteiger partial charge in [-0.05, 0) is 92.6 Å². The van der Waals surface area contributed by atoms with E-state index in [1.807, 2.05) is 66.6 Å². The molecule has 2 unspecified atom stereocenters. The van der Waals surface area contributed by atoms with Crippen molar-refractivity contribution in [3.05, 3.63) is 105 Å². The highest BCUT2D eigenvalue weighted by atomic mass is 32.2. The van der Waals surface area contributed by atoms with Gasteiger partial charge in [0.05, 0.1) is 47.8 Å². The molecule has 5 rings (SSSR count). The van der Waals surface area contributed by atoms with Crippen LogP contribution in [0.1, 0.15) is 40.3 Å². The summed E-state index contributed by atoms with van der Waals surface area (Å²) in [6.45, 7) is 5.65. The summed E-state index contributed by atoms with van der Waals surface area (Å²) >= 11 is 5.86. The lowest BCUT2D eigenvalue weighted by molar-refractivity contribution is -0.384. The number of aromatic nitrogens is 2. The highest BCUT2D eigenvalue weighted by Gasteiger charge is 2.42. The number of rotatable bonds is 8. The summed E-state index contributed by atoms with van der Waals surface area (Å²) in [6, 6.07) is 17.2. The SMILES string of the molecule is COc1ccc(-n2c(C)cc(C3C(c4ccccn4)NC(=S)N3c3ccc(NS(C)(=O)=O)c(C)c3)c2C)c([N+](=O)[O-])c1. The van der Waals surface area contributed by atoms with Crippen LogP contribution in [-0.4, -0.2) is 41.4 Å². The lowest BCUT2D eigenvalue weighted by atomic mass is 9.96. The predicted molar refractivity (Wildman–Crippen MR) is 166 cm³/mol. The van der Waals surface area contributed by atoms with Crippen LogP contribution in [0.25, 0.3) is 5.69 Å². The van der Waals surface area contributed by atoms with E-state index in [1.165, 1.54) is 13.2 Å². The number of nitro benzene ring substituents is 1. The van der Waals surface area contributed by atoms with Gasteiger partial charge in [-0.1, -0.05) is 6.07 Å². The number of aryl methyl sites for hydroxylation is 2. The van der Waals surface area contributed by atoms with Crippen LogP contribution < -0.4 is 19.7 Å². The molecule has 218 valence electrons. The first-order chi connectivity index (χ1) is 19.9. The van der Waals surface area contributed by atoms with Crippen molar-refractivity contribution >= 4 is 44.4 Å². The fourth-order valence-corrected chi connectivity index (χ4v) is 6.46. The molecule has 0 saturated carbocycles. The topological polar surface area (TPSA) is 132 Å². The van der Waals surface area contributed by atoms with Crippen molar-refractivity contribution in [2.45, 2.75) is 32.9 Å². The molecule has 13 heteroatoms. The second kappa shape index (κ2) is 11.1. The van der Waals surface area contributed by atoms with Gasteiger partial charge in [0.25, 0.3) is 5.69 Å². The van der Waals surface area contributed by atoms with Crippen LogP contribution >= 0.6 is 12.2 Å². The molecule has 0 spiro atoms. The smallest absolute Gasteiger partial charge is 0.296 e. The molecule has 4 aromatic rings. The van der Waals surface area contributed by atoms with Gasteiger partial charge in [0.2, 0.25) is 10.0 Å². The molecule has 0 aliphatic carbocycles. The molecule has 1 aliphatic heterocycles. The van der Waals surface area contributed by atoms with Crippen molar-refractivity contribution in [2.24, 2.45) is 0 Å². The molecule has 3 heterocycles. The van der Waals surface area contributed by atoms with Crippen LogP contribution in [0, 0.1) is 30.9 Å². The quantitative estimate of drug-likeness (QED) is 0.157. The van der Waals surface area contributed by atoms with Crippen LogP contribution in [0.5, 0.6) is 5.75 Å². The van der Waals surface area contributed by atoms with Gasteiger partial charge in [-0.25, -0.2) is 8.42 Å². The Hall–Kier alpha value is -4.49. The van der Waals surface area contributed by atoms with Crippen LogP contribution in [-0.2, 0) is 10.0 Å². The Morgan fingerprint density at radius 2 is 1.86 bits per heavy atom. The third kappa shape index (κ3) is 5.40. The number of sulfonamides is 1. The molecular formula is C29H30N6O5S2. The number of benzene rings is 2. The van der Waals surface area contributed by atoms with Crippen molar-refractivity contribution in [2.75, 3.05) is 23.0 Å². The fourth-order valence-electron chi connectivity index (χ4n) is 5.48. The van der Waals surface area contributed by atoms with E-state index < -0.39 is 14.9 Å². The average molecular weight is 607 g/mol. The number of ether oxygens (including phenoxy) is 1. The van der Waals surface area contributed by atoms with Gasteiger partial charge in [-0.15, -0.1) is 0 Å². The summed E-state index contributed by atoms with van der Waals surface area (Å²) in [7, 11) is -1.99. The number of hydrogen-bond donors (Lipinski definition) is 2. The first kappa shape index (κ1) is 29.0. The predicted octanol–water partition coefficient (Wildman–Crippen LogP) is 5.26. The molecule has 11 nitrogen and oxygen atoms in total. The van der Waals surface area contributed by atoms with E-state index >= 15 is 0 Å². The Labute approximate surface area is 249 Å². The lowest BCUT2D eigenvalue weighted by Crippen LogP contribution is -2.29. The maximum absolute atomic E-state index is 12.1. The van der Waals surface area contributed by atoms with Gasteiger partial charge in [0, 0.05) is 23.3 Å². The molecule has 2 aromatic heterocycles. The molecule has 1 aliphatic rings. The normalized spacial score (nSPS) is 16.8. The van der Waals surface area contributed by atoms with Crippen molar-refractivity contribution in [1.29, 1.82) is 0 Å². The van der Waals surface area contributed by atoms with E-state index in [9.17, 15) is 18.5 Å². The molecule has 42 heavy (non-hydrogen) atoms. The summed E-state index contributed by atoms with van der Waals surface area (Å²) in [5.74, 6) is 0.393. The van der Waals surface area contributed by atoms with E-state index in [0.29, 0.717) is 22.2 Å². The summed E-state index contributed by atoms with van der Waals surface area (Å²) in [4.78, 5) is 18.2. The number of nitrogens with zero attached hydrogens (tertiary/aromatic N) is 4. The number of thiocarbonyl (C=S) groups is 1. The minimum atomic E-state index is -3.46. The van der Waals surface area contributed by atoms with E-state index in [0.717, 1.165) is 40.2 Å². The molecule has 0 amide bonds. The zero-order chi connectivity index (χ0) is 30.3. The maximum Gasteiger partial charge on any atom is 0.296 e. The molecule has 1 saturated heterocycles. The summed E-state index contributed by atoms with van der Waals surface area (Å²) < 4.78 is 33.4. The van der Waals surface area contributed by atoms with Gasteiger partial charge in [0.1, 0.15) is 11.4 Å². The first-order valence-electron chi connectivity index (χ1n) is 13.0. The highest BCUT2D eigenvalue weighted by Crippen LogP contribution is 2.45. The second-order valence-electron chi connectivity index (χ2n) is 10.1. The minimum Gasteiger partial charge on any atom is -0.496 e. The fraction of sp³-hybridized carbons (Fsp3) is 0.241. The summed E-state index contributed by atoms with van der Waals surface area (Å²) in [5, 5.41) is 16.0. The monoisotopic (exact) mass is 606 g/mol. The number of nitro groups is 1. The van der Waals surface area contributed by atoms with Crippen molar-refractivity contribution in [3.63, 3.8) is 0 Å². The molecule has 0 radical (unpaired) electrons. The molecule has 2 N–H and O–H groups in total. The largest absolute Gasteiger partial charge is 0.496 e. The minimum absolute atomic E-state index is 0.0783. The Balaban J connectivity index is 1.68. The van der Waals surface area contributed by atoms with Gasteiger partial charge in [-0.2, -0.15) is 0 Å². The first-order valence-corrected chi connectivity index (χ1v) is 15.3. The van der Waals surface area contributed by atoms with Crippen LogP contribution in [0.15, 0.2) is 66.9 Å². The van der Waals surface area contributed by atoms with Crippen molar-refractivity contribution in [1.82, 2.24) is 14.9 Å². The van der Waals surface area contributed by atoms with Gasteiger partial charge in [0.15, 0.2) is 5.11 Å². The van der Waals surface area contributed by atoms with E-state index in [1.54, 1.807) is 24.4 Å². The maximum atomic E-state index is 12.1. The standard InChI is InChI=1S/C29H30N6O5S2/c1-17-14-20(9-11-23(17)32-42(5,38)39)34-28(27(31-29(34)41)24-8-6-7-13-30-24)22-15-18(2)33(19(22)3)25-12-10-21(40-4)16-26(25)35(36)37/h6-16,27-28,32H,1-5H3,(H,31,41). The third-order valence-electron chi connectivity index (χ3n) is 7.29. The van der Waals surface area contributed by atoms with Crippen molar-refractivity contribution < 1.29 is 18.1 Å². The number of pyridine rings is 1. The third-order valence-corrected chi connectivity index (χ3v) is 8.20. The Morgan fingerprint density at radius 1 is 1.10 bits per heavy atom. The van der Waals surface area contributed by atoms with Crippen LogP contribution in [0.2, 0.25) is 0 Å². The number of anilines is 2. The van der Waals surface area contributed by atoms with Gasteiger partial charge in [-0.3, -0.25) is 19.8 Å². The number of methoxy groups -OCH3 is 1. The average Bonchev–Trinajstić information content (AvgIpc) is 3.43. The van der Waals surface area contributed by atoms with Gasteiger partial charge < -0.3 is 19.5 Å². The van der Waals surface area contributed by atoms with E-state index in [2.05, 4.69) is 15.0 Å². The summed E-state index contributed by atoms with van der Waals surface area (Å²) in [6.07, 6.45) is 2.83. The second-order valence-corrected chi connectivity index (χ2v) is 12.3. The van der Waals surface area contributed by atoms with E-state index in [-0.39, 0.29) is 17.8 Å². The van der Waals surface area contributed by atoms with Gasteiger partial charge >= 0.3 is 0 Å². The molecule has 2 aromatic carbocycles. The Kier molecular flexibility index (Phi) is 7.64. The molecule has 0 bridgehead atoms. The summed E-state index contributed by atoms with van der Waals surface area (Å²) in [5.41, 5.74) is 5.58.